The van der Waals surface area contributed by atoms with Crippen molar-refractivity contribution in [3.8, 4) is 0 Å². The van der Waals surface area contributed by atoms with Gasteiger partial charge in [0.2, 0.25) is 5.13 Å². The first-order valence-corrected chi connectivity index (χ1v) is 7.28. The minimum absolute atomic E-state index is 0.607. The van der Waals surface area contributed by atoms with Crippen LogP contribution < -0.4 is 5.32 Å². The molecule has 17 heavy (non-hydrogen) atoms. The first kappa shape index (κ1) is 12.8. The van der Waals surface area contributed by atoms with E-state index >= 15 is 0 Å². The van der Waals surface area contributed by atoms with Crippen molar-refractivity contribution in [1.29, 1.82) is 0 Å². The summed E-state index contributed by atoms with van der Waals surface area (Å²) in [6, 6.07) is 0. The van der Waals surface area contributed by atoms with Crippen LogP contribution in [0.4, 0.5) is 5.13 Å². The van der Waals surface area contributed by atoms with Crippen LogP contribution in [0.5, 0.6) is 0 Å². The molecule has 1 aliphatic rings. The van der Waals surface area contributed by atoms with Crippen LogP contribution >= 0.6 is 11.3 Å². The molecule has 4 nitrogen and oxygen atoms in total. The Morgan fingerprint density at radius 3 is 2.65 bits per heavy atom. The average molecular weight is 255 g/mol. The Labute approximate surface area is 107 Å². The van der Waals surface area contributed by atoms with Crippen molar-refractivity contribution >= 4 is 16.5 Å². The van der Waals surface area contributed by atoms with E-state index in [2.05, 4.69) is 15.5 Å². The van der Waals surface area contributed by atoms with Gasteiger partial charge in [0.05, 0.1) is 0 Å². The Kier molecular flexibility index (Phi) is 5.19. The topological polar surface area (TPSA) is 47.0 Å². The lowest BCUT2D eigenvalue weighted by Crippen LogP contribution is -2.08. The maximum atomic E-state index is 5.75. The molecule has 1 aromatic heterocycles. The molecule has 0 aliphatic heterocycles. The van der Waals surface area contributed by atoms with E-state index in [0.717, 1.165) is 22.7 Å². The van der Waals surface area contributed by atoms with E-state index in [0.29, 0.717) is 6.61 Å². The molecule has 0 aromatic carbocycles. The minimum atomic E-state index is 0.607. The zero-order valence-electron chi connectivity index (χ0n) is 10.4. The van der Waals surface area contributed by atoms with Gasteiger partial charge in [-0.25, -0.2) is 0 Å². The predicted octanol–water partition coefficient (Wildman–Crippen LogP) is 3.07. The maximum absolute atomic E-state index is 5.75. The largest absolute Gasteiger partial charge is 0.374 e. The van der Waals surface area contributed by atoms with Crippen molar-refractivity contribution in [2.45, 2.75) is 45.1 Å². The quantitative estimate of drug-likeness (QED) is 0.821. The van der Waals surface area contributed by atoms with Crippen molar-refractivity contribution in [3.05, 3.63) is 5.01 Å². The number of hydrogen-bond acceptors (Lipinski definition) is 5. The third-order valence-electron chi connectivity index (χ3n) is 3.23. The van der Waals surface area contributed by atoms with E-state index in [1.165, 1.54) is 38.5 Å². The molecule has 96 valence electrons. The molecule has 1 saturated carbocycles. The number of nitrogens with zero attached hydrogens (tertiary/aromatic N) is 2. The predicted molar refractivity (Wildman–Crippen MR) is 70.3 cm³/mol. The molecule has 1 N–H and O–H groups in total. The summed E-state index contributed by atoms with van der Waals surface area (Å²) >= 11 is 1.57. The highest BCUT2D eigenvalue weighted by molar-refractivity contribution is 7.15. The summed E-state index contributed by atoms with van der Waals surface area (Å²) in [6.45, 7) is 1.49. The molecule has 0 radical (unpaired) electrons. The van der Waals surface area contributed by atoms with E-state index in [4.69, 9.17) is 4.74 Å². The summed E-state index contributed by atoms with van der Waals surface area (Å²) in [4.78, 5) is 0. The first-order valence-electron chi connectivity index (χ1n) is 6.46. The summed E-state index contributed by atoms with van der Waals surface area (Å²) in [5.74, 6) is 0.759. The molecule has 0 bridgehead atoms. The highest BCUT2D eigenvalue weighted by Crippen LogP contribution is 2.23. The fourth-order valence-corrected chi connectivity index (χ4v) is 2.89. The van der Waals surface area contributed by atoms with Gasteiger partial charge < -0.3 is 10.1 Å². The van der Waals surface area contributed by atoms with Crippen LogP contribution in [0.15, 0.2) is 0 Å². The summed E-state index contributed by atoms with van der Waals surface area (Å²) < 4.78 is 5.75. The lowest BCUT2D eigenvalue weighted by atomic mass is 10.0. The van der Waals surface area contributed by atoms with Gasteiger partial charge in [0.15, 0.2) is 0 Å². The zero-order valence-corrected chi connectivity index (χ0v) is 11.3. The standard InChI is InChI=1S/C12H21N3OS/c1-13-12-15-14-11(17-12)9-16-8-10-6-4-2-3-5-7-10/h10H,2-9H2,1H3,(H,13,15). The highest BCUT2D eigenvalue weighted by atomic mass is 32.1. The number of nitrogens with one attached hydrogen (secondary N) is 1. The molecular weight excluding hydrogens is 234 g/mol. The van der Waals surface area contributed by atoms with E-state index in [9.17, 15) is 0 Å². The van der Waals surface area contributed by atoms with Crippen LogP contribution in [0.3, 0.4) is 0 Å². The van der Waals surface area contributed by atoms with Crippen molar-refractivity contribution in [3.63, 3.8) is 0 Å². The van der Waals surface area contributed by atoms with Gasteiger partial charge in [-0.1, -0.05) is 37.0 Å². The lowest BCUT2D eigenvalue weighted by molar-refractivity contribution is 0.0814. The van der Waals surface area contributed by atoms with Gasteiger partial charge >= 0.3 is 0 Å². The smallest absolute Gasteiger partial charge is 0.205 e. The molecule has 2 rings (SSSR count). The first-order chi connectivity index (χ1) is 8.38. The average Bonchev–Trinajstić information content (AvgIpc) is 2.65. The second-order valence-electron chi connectivity index (χ2n) is 4.62. The Morgan fingerprint density at radius 2 is 2.00 bits per heavy atom. The fourth-order valence-electron chi connectivity index (χ4n) is 2.26. The summed E-state index contributed by atoms with van der Waals surface area (Å²) in [5.41, 5.74) is 0. The number of rotatable bonds is 5. The Hall–Kier alpha value is -0.680. The minimum Gasteiger partial charge on any atom is -0.374 e. The normalized spacial score (nSPS) is 17.9. The molecule has 5 heteroatoms. The molecule has 1 aliphatic carbocycles. The van der Waals surface area contributed by atoms with Gasteiger partial charge in [0, 0.05) is 13.7 Å². The monoisotopic (exact) mass is 255 g/mol. The molecule has 0 saturated heterocycles. The summed E-state index contributed by atoms with van der Waals surface area (Å²) in [6.07, 6.45) is 8.21. The van der Waals surface area contributed by atoms with Gasteiger partial charge in [0.25, 0.3) is 0 Å². The van der Waals surface area contributed by atoms with E-state index in [1.54, 1.807) is 11.3 Å². The van der Waals surface area contributed by atoms with Crippen LogP contribution in [0.1, 0.15) is 43.5 Å². The molecule has 1 fully saturated rings. The zero-order chi connectivity index (χ0) is 11.9. The van der Waals surface area contributed by atoms with Gasteiger partial charge in [0.1, 0.15) is 11.6 Å². The van der Waals surface area contributed by atoms with Crippen molar-refractivity contribution in [2.75, 3.05) is 19.0 Å². The van der Waals surface area contributed by atoms with Crippen molar-refractivity contribution < 1.29 is 4.74 Å². The van der Waals surface area contributed by atoms with E-state index in [-0.39, 0.29) is 0 Å². The number of ether oxygens (including phenoxy) is 1. The third kappa shape index (κ3) is 4.24. The van der Waals surface area contributed by atoms with Crippen molar-refractivity contribution in [2.24, 2.45) is 5.92 Å². The van der Waals surface area contributed by atoms with Crippen LogP contribution in [0.25, 0.3) is 0 Å². The number of hydrogen-bond donors (Lipinski definition) is 1. The molecule has 1 heterocycles. The van der Waals surface area contributed by atoms with Gasteiger partial charge in [-0.15, -0.1) is 10.2 Å². The lowest BCUT2D eigenvalue weighted by Gasteiger charge is -2.13. The number of anilines is 1. The van der Waals surface area contributed by atoms with E-state index in [1.807, 2.05) is 7.05 Å². The van der Waals surface area contributed by atoms with Gasteiger partial charge in [-0.2, -0.15) is 0 Å². The molecular formula is C12H21N3OS. The molecule has 1 aromatic rings. The molecule has 0 spiro atoms. The summed E-state index contributed by atoms with van der Waals surface area (Å²) in [5, 5.41) is 12.9. The SMILES string of the molecule is CNc1nnc(COCC2CCCCCC2)s1. The fraction of sp³-hybridized carbons (Fsp3) is 0.833. The van der Waals surface area contributed by atoms with Crippen LogP contribution in [-0.4, -0.2) is 23.9 Å². The Balaban J connectivity index is 1.67. The highest BCUT2D eigenvalue weighted by Gasteiger charge is 2.12. The Bertz CT molecular complexity index is 321. The Morgan fingerprint density at radius 1 is 1.24 bits per heavy atom. The van der Waals surface area contributed by atoms with Crippen LogP contribution in [0.2, 0.25) is 0 Å². The third-order valence-corrected chi connectivity index (χ3v) is 4.15. The molecule has 0 unspecified atom stereocenters. The second kappa shape index (κ2) is 6.91. The van der Waals surface area contributed by atoms with Crippen molar-refractivity contribution in [1.82, 2.24) is 10.2 Å². The van der Waals surface area contributed by atoms with E-state index < -0.39 is 0 Å². The van der Waals surface area contributed by atoms with Gasteiger partial charge in [-0.3, -0.25) is 0 Å². The van der Waals surface area contributed by atoms with Gasteiger partial charge in [-0.05, 0) is 18.8 Å². The van der Waals surface area contributed by atoms with Crippen LogP contribution in [-0.2, 0) is 11.3 Å². The maximum Gasteiger partial charge on any atom is 0.205 e. The molecule has 0 amide bonds. The van der Waals surface area contributed by atoms with Crippen LogP contribution in [0, 0.1) is 5.92 Å². The number of aromatic nitrogens is 2. The summed E-state index contributed by atoms with van der Waals surface area (Å²) in [7, 11) is 1.86. The second-order valence-corrected chi connectivity index (χ2v) is 5.69. The molecule has 0 atom stereocenters.